The molecule has 20 heavy (non-hydrogen) atoms. The van der Waals surface area contributed by atoms with E-state index >= 15 is 0 Å². The van der Waals surface area contributed by atoms with Gasteiger partial charge in [0.05, 0.1) is 6.54 Å². The van der Waals surface area contributed by atoms with Crippen molar-refractivity contribution in [1.29, 1.82) is 0 Å². The topological polar surface area (TPSA) is 20.3 Å². The zero-order valence-corrected chi connectivity index (χ0v) is 12.7. The molecule has 2 nitrogen and oxygen atoms in total. The molecule has 110 valence electrons. The Kier molecular flexibility index (Phi) is 4.59. The van der Waals surface area contributed by atoms with Crippen LogP contribution in [0.3, 0.4) is 0 Å². The van der Waals surface area contributed by atoms with Gasteiger partial charge in [-0.3, -0.25) is 9.69 Å². The first-order chi connectivity index (χ1) is 9.36. The molecule has 0 bridgehead atoms. The quantitative estimate of drug-likeness (QED) is 0.784. The first-order valence-electron chi connectivity index (χ1n) is 7.37. The monoisotopic (exact) mass is 277 g/mol. The number of halogens is 1. The minimum Gasteiger partial charge on any atom is -0.296 e. The molecule has 0 saturated carbocycles. The molecular weight excluding hydrogens is 253 g/mol. The number of piperidine rings is 1. The highest BCUT2D eigenvalue weighted by Crippen LogP contribution is 2.34. The van der Waals surface area contributed by atoms with Crippen molar-refractivity contribution < 1.29 is 9.18 Å². The molecule has 0 atom stereocenters. The van der Waals surface area contributed by atoms with E-state index in [1.807, 2.05) is 0 Å². The van der Waals surface area contributed by atoms with E-state index in [0.29, 0.717) is 17.5 Å². The molecule has 0 radical (unpaired) electrons. The van der Waals surface area contributed by atoms with E-state index in [1.54, 1.807) is 12.1 Å². The Morgan fingerprint density at radius 2 is 1.75 bits per heavy atom. The fourth-order valence-corrected chi connectivity index (χ4v) is 2.89. The Bertz CT molecular complexity index is 453. The van der Waals surface area contributed by atoms with E-state index < -0.39 is 0 Å². The van der Waals surface area contributed by atoms with Crippen molar-refractivity contribution in [3.8, 4) is 0 Å². The second-order valence-electron chi connectivity index (χ2n) is 6.85. The highest BCUT2D eigenvalue weighted by atomic mass is 19.1. The van der Waals surface area contributed by atoms with Gasteiger partial charge >= 0.3 is 0 Å². The summed E-state index contributed by atoms with van der Waals surface area (Å²) in [4.78, 5) is 14.4. The number of carbonyl (C=O) groups is 1. The second-order valence-corrected chi connectivity index (χ2v) is 6.85. The Labute approximate surface area is 121 Å². The predicted octanol–water partition coefficient (Wildman–Crippen LogP) is 3.77. The third-order valence-corrected chi connectivity index (χ3v) is 4.35. The Balaban J connectivity index is 1.86. The second kappa shape index (κ2) is 6.04. The van der Waals surface area contributed by atoms with E-state index in [0.717, 1.165) is 31.8 Å². The van der Waals surface area contributed by atoms with Gasteiger partial charge in [-0.1, -0.05) is 20.8 Å². The van der Waals surface area contributed by atoms with Crippen LogP contribution in [0.15, 0.2) is 24.3 Å². The zero-order valence-electron chi connectivity index (χ0n) is 12.7. The molecule has 0 spiro atoms. The van der Waals surface area contributed by atoms with E-state index in [2.05, 4.69) is 25.7 Å². The fourth-order valence-electron chi connectivity index (χ4n) is 2.89. The van der Waals surface area contributed by atoms with Crippen LogP contribution in [0.25, 0.3) is 0 Å². The maximum atomic E-state index is 12.8. The minimum absolute atomic E-state index is 0.0826. The molecule has 0 N–H and O–H groups in total. The van der Waals surface area contributed by atoms with E-state index in [4.69, 9.17) is 0 Å². The normalized spacial score (nSPS) is 18.2. The number of rotatable bonds is 3. The number of benzene rings is 1. The van der Waals surface area contributed by atoms with Crippen LogP contribution in [0.4, 0.5) is 4.39 Å². The Morgan fingerprint density at radius 1 is 1.20 bits per heavy atom. The molecular formula is C17H24FNO. The third kappa shape index (κ3) is 3.89. The smallest absolute Gasteiger partial charge is 0.176 e. The highest BCUT2D eigenvalue weighted by molar-refractivity contribution is 5.97. The van der Waals surface area contributed by atoms with Crippen LogP contribution in [-0.4, -0.2) is 30.3 Å². The molecule has 0 unspecified atom stereocenters. The predicted molar refractivity (Wildman–Crippen MR) is 79.3 cm³/mol. The average Bonchev–Trinajstić information content (AvgIpc) is 2.39. The molecule has 0 aromatic heterocycles. The average molecular weight is 277 g/mol. The molecule has 2 rings (SSSR count). The van der Waals surface area contributed by atoms with Crippen molar-refractivity contribution in [3.05, 3.63) is 35.6 Å². The highest BCUT2D eigenvalue weighted by Gasteiger charge is 2.29. The van der Waals surface area contributed by atoms with Crippen molar-refractivity contribution in [1.82, 2.24) is 4.90 Å². The van der Waals surface area contributed by atoms with Gasteiger partial charge in [-0.05, 0) is 61.5 Å². The lowest BCUT2D eigenvalue weighted by Crippen LogP contribution is -2.40. The summed E-state index contributed by atoms with van der Waals surface area (Å²) in [5, 5.41) is 0. The van der Waals surface area contributed by atoms with Gasteiger partial charge in [0.15, 0.2) is 5.78 Å². The van der Waals surface area contributed by atoms with Gasteiger partial charge in [0.25, 0.3) is 0 Å². The molecule has 1 fully saturated rings. The number of hydrogen-bond acceptors (Lipinski definition) is 2. The zero-order chi connectivity index (χ0) is 14.8. The number of Topliss-reactive ketones (excluding diaryl/α,β-unsaturated/α-hetero) is 1. The van der Waals surface area contributed by atoms with E-state index in [-0.39, 0.29) is 11.6 Å². The Morgan fingerprint density at radius 3 is 2.25 bits per heavy atom. The number of likely N-dealkylation sites (tertiary alicyclic amines) is 1. The molecule has 0 aliphatic carbocycles. The molecule has 3 heteroatoms. The molecule has 1 aliphatic rings. The van der Waals surface area contributed by atoms with E-state index in [1.165, 1.54) is 12.1 Å². The fraction of sp³-hybridized carbons (Fsp3) is 0.588. The molecule has 0 amide bonds. The van der Waals surface area contributed by atoms with Gasteiger partial charge in [-0.25, -0.2) is 4.39 Å². The van der Waals surface area contributed by atoms with Crippen LogP contribution >= 0.6 is 0 Å². The summed E-state index contributed by atoms with van der Waals surface area (Å²) in [5.41, 5.74) is 0.955. The summed E-state index contributed by atoms with van der Waals surface area (Å²) in [6.45, 7) is 9.28. The summed E-state index contributed by atoms with van der Waals surface area (Å²) >= 11 is 0. The molecule has 1 heterocycles. The standard InChI is InChI=1S/C17H24FNO/c1-17(2,3)14-8-10-19(11-9-14)12-16(20)13-4-6-15(18)7-5-13/h4-7,14H,8-12H2,1-3H3. The van der Waals surface area contributed by atoms with Crippen molar-refractivity contribution in [2.45, 2.75) is 33.6 Å². The minimum atomic E-state index is -0.299. The van der Waals surface area contributed by atoms with Crippen molar-refractivity contribution >= 4 is 5.78 Å². The maximum absolute atomic E-state index is 12.8. The molecule has 1 saturated heterocycles. The largest absolute Gasteiger partial charge is 0.296 e. The maximum Gasteiger partial charge on any atom is 0.176 e. The molecule has 1 aromatic carbocycles. The van der Waals surface area contributed by atoms with Gasteiger partial charge < -0.3 is 0 Å². The van der Waals surface area contributed by atoms with Crippen molar-refractivity contribution in [2.24, 2.45) is 11.3 Å². The summed E-state index contributed by atoms with van der Waals surface area (Å²) in [5.74, 6) is 0.520. The molecule has 1 aromatic rings. The first-order valence-corrected chi connectivity index (χ1v) is 7.37. The van der Waals surface area contributed by atoms with Gasteiger partial charge in [0, 0.05) is 5.56 Å². The van der Waals surface area contributed by atoms with Gasteiger partial charge in [-0.2, -0.15) is 0 Å². The van der Waals surface area contributed by atoms with Crippen LogP contribution in [-0.2, 0) is 0 Å². The van der Waals surface area contributed by atoms with Crippen LogP contribution in [0.2, 0.25) is 0 Å². The van der Waals surface area contributed by atoms with Crippen molar-refractivity contribution in [3.63, 3.8) is 0 Å². The first kappa shape index (κ1) is 15.2. The van der Waals surface area contributed by atoms with Gasteiger partial charge in [-0.15, -0.1) is 0 Å². The van der Waals surface area contributed by atoms with Crippen molar-refractivity contribution in [2.75, 3.05) is 19.6 Å². The van der Waals surface area contributed by atoms with Gasteiger partial charge in [0.1, 0.15) is 5.82 Å². The van der Waals surface area contributed by atoms with E-state index in [9.17, 15) is 9.18 Å². The number of nitrogens with zero attached hydrogens (tertiary/aromatic N) is 1. The third-order valence-electron chi connectivity index (χ3n) is 4.35. The number of carbonyl (C=O) groups excluding carboxylic acids is 1. The summed E-state index contributed by atoms with van der Waals surface area (Å²) in [6.07, 6.45) is 2.31. The molecule has 1 aliphatic heterocycles. The SMILES string of the molecule is CC(C)(C)C1CCN(CC(=O)c2ccc(F)cc2)CC1. The summed E-state index contributed by atoms with van der Waals surface area (Å²) in [6, 6.07) is 5.83. The summed E-state index contributed by atoms with van der Waals surface area (Å²) in [7, 11) is 0. The van der Waals surface area contributed by atoms with Crippen LogP contribution in [0, 0.1) is 17.2 Å². The van der Waals surface area contributed by atoms with Gasteiger partial charge in [0.2, 0.25) is 0 Å². The number of hydrogen-bond donors (Lipinski definition) is 0. The van der Waals surface area contributed by atoms with Crippen LogP contribution < -0.4 is 0 Å². The van der Waals surface area contributed by atoms with Crippen LogP contribution in [0.5, 0.6) is 0 Å². The number of ketones is 1. The lowest BCUT2D eigenvalue weighted by molar-refractivity contribution is 0.0822. The summed E-state index contributed by atoms with van der Waals surface area (Å²) < 4.78 is 12.8. The van der Waals surface area contributed by atoms with Crippen LogP contribution in [0.1, 0.15) is 44.0 Å². The Hall–Kier alpha value is -1.22. The lowest BCUT2D eigenvalue weighted by Gasteiger charge is -2.38. The lowest BCUT2D eigenvalue weighted by atomic mass is 9.75.